The molecule has 140 valence electrons. The van der Waals surface area contributed by atoms with Crippen molar-refractivity contribution >= 4 is 11.6 Å². The summed E-state index contributed by atoms with van der Waals surface area (Å²) >= 11 is 0. The molecule has 0 aliphatic heterocycles. The Balaban J connectivity index is 1.97. The second-order valence-corrected chi connectivity index (χ2v) is 5.73. The molecular formula is C18H15F3N4O2. The SMILES string of the molecule is COc1cc(C(=O)Nc2cc(-n3cnc(C)c3)cc(C(F)(F)F)c2)ccn1. The van der Waals surface area contributed by atoms with Gasteiger partial charge in [-0.1, -0.05) is 0 Å². The van der Waals surface area contributed by atoms with Crippen LogP contribution in [-0.4, -0.2) is 27.6 Å². The van der Waals surface area contributed by atoms with Crippen molar-refractivity contribution < 1.29 is 22.7 Å². The van der Waals surface area contributed by atoms with E-state index in [9.17, 15) is 18.0 Å². The molecule has 0 fully saturated rings. The van der Waals surface area contributed by atoms with Crippen LogP contribution in [0.2, 0.25) is 0 Å². The summed E-state index contributed by atoms with van der Waals surface area (Å²) in [6.07, 6.45) is -0.191. The molecular weight excluding hydrogens is 361 g/mol. The summed E-state index contributed by atoms with van der Waals surface area (Å²) < 4.78 is 46.2. The molecule has 0 saturated carbocycles. The van der Waals surface area contributed by atoms with Gasteiger partial charge in [-0.25, -0.2) is 9.97 Å². The second kappa shape index (κ2) is 7.10. The van der Waals surface area contributed by atoms with Crippen molar-refractivity contribution in [3.05, 3.63) is 65.9 Å². The van der Waals surface area contributed by atoms with E-state index in [4.69, 9.17) is 4.74 Å². The number of ether oxygens (including phenoxy) is 1. The Bertz CT molecular complexity index is 983. The summed E-state index contributed by atoms with van der Waals surface area (Å²) in [5, 5.41) is 2.48. The lowest BCUT2D eigenvalue weighted by Gasteiger charge is -2.13. The molecule has 1 amide bonds. The van der Waals surface area contributed by atoms with E-state index in [-0.39, 0.29) is 22.8 Å². The van der Waals surface area contributed by atoms with Gasteiger partial charge in [0, 0.05) is 35.4 Å². The molecule has 0 radical (unpaired) electrons. The van der Waals surface area contributed by atoms with Gasteiger partial charge in [-0.15, -0.1) is 0 Å². The highest BCUT2D eigenvalue weighted by molar-refractivity contribution is 6.04. The number of methoxy groups -OCH3 is 1. The van der Waals surface area contributed by atoms with Gasteiger partial charge in [-0.3, -0.25) is 4.79 Å². The van der Waals surface area contributed by atoms with Crippen LogP contribution in [0, 0.1) is 6.92 Å². The van der Waals surface area contributed by atoms with Gasteiger partial charge in [0.05, 0.1) is 24.7 Å². The van der Waals surface area contributed by atoms with Gasteiger partial charge in [-0.2, -0.15) is 13.2 Å². The lowest BCUT2D eigenvalue weighted by atomic mass is 10.1. The number of amides is 1. The molecule has 1 N–H and O–H groups in total. The van der Waals surface area contributed by atoms with Crippen molar-refractivity contribution in [1.29, 1.82) is 0 Å². The number of imidazole rings is 1. The Morgan fingerprint density at radius 1 is 1.19 bits per heavy atom. The highest BCUT2D eigenvalue weighted by atomic mass is 19.4. The zero-order valence-electron chi connectivity index (χ0n) is 14.4. The number of hydrogen-bond donors (Lipinski definition) is 1. The lowest BCUT2D eigenvalue weighted by Crippen LogP contribution is -2.14. The van der Waals surface area contributed by atoms with Gasteiger partial charge in [0.25, 0.3) is 5.91 Å². The van der Waals surface area contributed by atoms with Crippen LogP contribution in [-0.2, 0) is 6.18 Å². The number of alkyl halides is 3. The molecule has 1 aromatic carbocycles. The Labute approximate surface area is 152 Å². The third-order valence-corrected chi connectivity index (χ3v) is 3.72. The minimum Gasteiger partial charge on any atom is -0.481 e. The smallest absolute Gasteiger partial charge is 0.416 e. The predicted molar refractivity (Wildman–Crippen MR) is 92.0 cm³/mol. The second-order valence-electron chi connectivity index (χ2n) is 5.73. The van der Waals surface area contributed by atoms with E-state index >= 15 is 0 Å². The number of benzene rings is 1. The van der Waals surface area contributed by atoms with Gasteiger partial charge < -0.3 is 14.6 Å². The lowest BCUT2D eigenvalue weighted by molar-refractivity contribution is -0.137. The maximum Gasteiger partial charge on any atom is 0.416 e. The largest absolute Gasteiger partial charge is 0.481 e. The number of aryl methyl sites for hydroxylation is 1. The van der Waals surface area contributed by atoms with Gasteiger partial charge in [0.15, 0.2) is 0 Å². The molecule has 9 heteroatoms. The van der Waals surface area contributed by atoms with Crippen LogP contribution in [0.15, 0.2) is 49.1 Å². The summed E-state index contributed by atoms with van der Waals surface area (Å²) in [6.45, 7) is 1.73. The van der Waals surface area contributed by atoms with Crippen LogP contribution < -0.4 is 10.1 Å². The maximum atomic E-state index is 13.3. The third-order valence-electron chi connectivity index (χ3n) is 3.72. The first kappa shape index (κ1) is 18.4. The van der Waals surface area contributed by atoms with Crippen molar-refractivity contribution in [2.75, 3.05) is 12.4 Å². The molecule has 2 heterocycles. The fourth-order valence-electron chi connectivity index (χ4n) is 2.42. The number of nitrogens with zero attached hydrogens (tertiary/aromatic N) is 3. The molecule has 27 heavy (non-hydrogen) atoms. The van der Waals surface area contributed by atoms with E-state index in [0.29, 0.717) is 5.69 Å². The molecule has 2 aromatic heterocycles. The predicted octanol–water partition coefficient (Wildman–Crippen LogP) is 3.86. The van der Waals surface area contributed by atoms with Crippen LogP contribution in [0.1, 0.15) is 21.6 Å². The van der Waals surface area contributed by atoms with E-state index < -0.39 is 17.6 Å². The first-order valence-electron chi connectivity index (χ1n) is 7.81. The topological polar surface area (TPSA) is 69.0 Å². The fourth-order valence-corrected chi connectivity index (χ4v) is 2.42. The molecule has 3 rings (SSSR count). The highest BCUT2D eigenvalue weighted by Gasteiger charge is 2.31. The minimum atomic E-state index is -4.56. The van der Waals surface area contributed by atoms with E-state index in [1.807, 2.05) is 0 Å². The van der Waals surface area contributed by atoms with Gasteiger partial charge >= 0.3 is 6.18 Å². The number of carbonyl (C=O) groups excluding carboxylic acids is 1. The number of hydrogen-bond acceptors (Lipinski definition) is 4. The van der Waals surface area contributed by atoms with Gasteiger partial charge in [-0.05, 0) is 31.2 Å². The monoisotopic (exact) mass is 376 g/mol. The number of aromatic nitrogens is 3. The summed E-state index contributed by atoms with van der Waals surface area (Å²) in [4.78, 5) is 20.3. The number of nitrogens with one attached hydrogen (secondary N) is 1. The number of rotatable bonds is 4. The average molecular weight is 376 g/mol. The Morgan fingerprint density at radius 3 is 2.59 bits per heavy atom. The molecule has 0 aliphatic rings. The van der Waals surface area contributed by atoms with Crippen molar-refractivity contribution in [3.63, 3.8) is 0 Å². The summed E-state index contributed by atoms with van der Waals surface area (Å²) in [7, 11) is 1.40. The summed E-state index contributed by atoms with van der Waals surface area (Å²) in [5.74, 6) is -0.357. The van der Waals surface area contributed by atoms with E-state index in [0.717, 1.165) is 12.1 Å². The number of pyridine rings is 1. The van der Waals surface area contributed by atoms with Crippen LogP contribution in [0.4, 0.5) is 18.9 Å². The number of carbonyl (C=O) groups is 1. The highest BCUT2D eigenvalue weighted by Crippen LogP contribution is 2.33. The number of halogens is 3. The normalized spacial score (nSPS) is 11.3. The first-order chi connectivity index (χ1) is 12.8. The summed E-state index contributed by atoms with van der Waals surface area (Å²) in [5.41, 5.74) is 0.218. The van der Waals surface area contributed by atoms with Crippen molar-refractivity contribution in [3.8, 4) is 11.6 Å². The van der Waals surface area contributed by atoms with Crippen LogP contribution >= 0.6 is 0 Å². The molecule has 3 aromatic rings. The quantitative estimate of drug-likeness (QED) is 0.751. The Morgan fingerprint density at radius 2 is 1.96 bits per heavy atom. The van der Waals surface area contributed by atoms with Gasteiger partial charge in [0.2, 0.25) is 5.88 Å². The van der Waals surface area contributed by atoms with Crippen LogP contribution in [0.3, 0.4) is 0 Å². The fraction of sp³-hybridized carbons (Fsp3) is 0.167. The van der Waals surface area contributed by atoms with Crippen molar-refractivity contribution in [1.82, 2.24) is 14.5 Å². The number of anilines is 1. The summed E-state index contributed by atoms with van der Waals surface area (Å²) in [6, 6.07) is 6.14. The van der Waals surface area contributed by atoms with E-state index in [1.165, 1.54) is 42.4 Å². The van der Waals surface area contributed by atoms with Crippen molar-refractivity contribution in [2.24, 2.45) is 0 Å². The molecule has 0 bridgehead atoms. The Kier molecular flexibility index (Phi) is 4.85. The standard InChI is InChI=1S/C18H15F3N4O2/c1-11-9-25(10-23-11)15-7-13(18(19,20)21)6-14(8-15)24-17(26)12-3-4-22-16(5-12)27-2/h3-10H,1-2H3,(H,24,26). The molecule has 0 saturated heterocycles. The zero-order chi connectivity index (χ0) is 19.6. The van der Waals surface area contributed by atoms with E-state index in [1.54, 1.807) is 13.1 Å². The third kappa shape index (κ3) is 4.25. The van der Waals surface area contributed by atoms with Crippen LogP contribution in [0.25, 0.3) is 5.69 Å². The molecule has 0 atom stereocenters. The minimum absolute atomic E-state index is 0.00644. The van der Waals surface area contributed by atoms with Gasteiger partial charge in [0.1, 0.15) is 0 Å². The van der Waals surface area contributed by atoms with E-state index in [2.05, 4.69) is 15.3 Å². The molecule has 0 spiro atoms. The van der Waals surface area contributed by atoms with Crippen molar-refractivity contribution in [2.45, 2.75) is 13.1 Å². The first-order valence-corrected chi connectivity index (χ1v) is 7.81. The Hall–Kier alpha value is -3.36. The zero-order valence-corrected chi connectivity index (χ0v) is 14.4. The average Bonchev–Trinajstić information content (AvgIpc) is 3.07. The molecule has 0 unspecified atom stereocenters. The molecule has 0 aliphatic carbocycles. The van der Waals surface area contributed by atoms with Crippen LogP contribution in [0.5, 0.6) is 5.88 Å². The molecule has 6 nitrogen and oxygen atoms in total. The maximum absolute atomic E-state index is 13.3.